The van der Waals surface area contributed by atoms with E-state index in [1.54, 1.807) is 0 Å². The Kier molecular flexibility index (Phi) is 8.15. The number of ether oxygens (including phenoxy) is 2. The van der Waals surface area contributed by atoms with Crippen molar-refractivity contribution >= 4 is 11.9 Å². The standard InChI is InChI=1S/C11H19NO4/c1-4-12(5-2)8-9-16-11(14)7-6-10(13)15-3/h6-7H,4-5,8-9H2,1-3H3/b7-6+. The minimum absolute atomic E-state index is 0.325. The molecular weight excluding hydrogens is 210 g/mol. The molecule has 5 heteroatoms. The second kappa shape index (κ2) is 8.91. The molecule has 92 valence electrons. The summed E-state index contributed by atoms with van der Waals surface area (Å²) in [6, 6.07) is 0. The Labute approximate surface area is 96.0 Å². The predicted octanol–water partition coefficient (Wildman–Crippen LogP) is 0.601. The molecule has 0 aliphatic carbocycles. The van der Waals surface area contributed by atoms with Gasteiger partial charge in [-0.05, 0) is 13.1 Å². The van der Waals surface area contributed by atoms with Gasteiger partial charge in [0.1, 0.15) is 6.61 Å². The number of carbonyl (C=O) groups excluding carboxylic acids is 2. The lowest BCUT2D eigenvalue weighted by Crippen LogP contribution is -2.27. The van der Waals surface area contributed by atoms with Crippen LogP contribution in [0.1, 0.15) is 13.8 Å². The summed E-state index contributed by atoms with van der Waals surface area (Å²) in [5.41, 5.74) is 0. The summed E-state index contributed by atoms with van der Waals surface area (Å²) in [6.45, 7) is 6.96. The van der Waals surface area contributed by atoms with E-state index in [0.717, 1.165) is 25.2 Å². The number of rotatable bonds is 7. The Balaban J connectivity index is 3.73. The molecule has 0 aromatic carbocycles. The van der Waals surface area contributed by atoms with Gasteiger partial charge in [-0.25, -0.2) is 9.59 Å². The molecular formula is C11H19NO4. The third-order valence-corrected chi connectivity index (χ3v) is 2.10. The zero-order valence-electron chi connectivity index (χ0n) is 10.1. The second-order valence-corrected chi connectivity index (χ2v) is 3.05. The first-order valence-electron chi connectivity index (χ1n) is 5.29. The largest absolute Gasteiger partial charge is 0.466 e. The van der Waals surface area contributed by atoms with Gasteiger partial charge >= 0.3 is 11.9 Å². The normalized spacial score (nSPS) is 10.8. The molecule has 16 heavy (non-hydrogen) atoms. The van der Waals surface area contributed by atoms with Crippen LogP contribution in [0.25, 0.3) is 0 Å². The average molecular weight is 229 g/mol. The van der Waals surface area contributed by atoms with Crippen molar-refractivity contribution in [2.45, 2.75) is 13.8 Å². The number of hydrogen-bond donors (Lipinski definition) is 0. The highest BCUT2D eigenvalue weighted by Gasteiger charge is 2.02. The van der Waals surface area contributed by atoms with Gasteiger partial charge in [0.25, 0.3) is 0 Å². The van der Waals surface area contributed by atoms with Crippen LogP contribution in [-0.4, -0.2) is 50.2 Å². The minimum atomic E-state index is -0.569. The average Bonchev–Trinajstić information content (AvgIpc) is 2.31. The molecule has 0 aromatic rings. The quantitative estimate of drug-likeness (QED) is 0.472. The molecule has 0 saturated heterocycles. The molecule has 5 nitrogen and oxygen atoms in total. The van der Waals surface area contributed by atoms with Crippen molar-refractivity contribution in [2.75, 3.05) is 33.4 Å². The number of hydrogen-bond acceptors (Lipinski definition) is 5. The number of esters is 2. The van der Waals surface area contributed by atoms with E-state index in [2.05, 4.69) is 9.64 Å². The SMILES string of the molecule is CCN(CC)CCOC(=O)/C=C/C(=O)OC. The summed E-state index contributed by atoms with van der Waals surface area (Å²) < 4.78 is 9.23. The molecule has 0 aliphatic rings. The van der Waals surface area contributed by atoms with Crippen molar-refractivity contribution in [1.82, 2.24) is 4.90 Å². The molecule has 0 aliphatic heterocycles. The summed E-state index contributed by atoms with van der Waals surface area (Å²) in [5, 5.41) is 0. The number of nitrogens with zero attached hydrogens (tertiary/aromatic N) is 1. The van der Waals surface area contributed by atoms with E-state index < -0.39 is 11.9 Å². The van der Waals surface area contributed by atoms with E-state index >= 15 is 0 Å². The van der Waals surface area contributed by atoms with Gasteiger partial charge in [0.2, 0.25) is 0 Å². The maximum absolute atomic E-state index is 11.1. The van der Waals surface area contributed by atoms with Crippen LogP contribution in [0, 0.1) is 0 Å². The van der Waals surface area contributed by atoms with Crippen molar-refractivity contribution < 1.29 is 19.1 Å². The first kappa shape index (κ1) is 14.6. The van der Waals surface area contributed by atoms with Crippen LogP contribution in [-0.2, 0) is 19.1 Å². The third kappa shape index (κ3) is 7.00. The summed E-state index contributed by atoms with van der Waals surface area (Å²) in [5.74, 6) is -1.10. The molecule has 0 radical (unpaired) electrons. The Bertz CT molecular complexity index is 246. The summed E-state index contributed by atoms with van der Waals surface area (Å²) in [7, 11) is 1.25. The molecule has 0 N–H and O–H groups in total. The van der Waals surface area contributed by atoms with Crippen LogP contribution in [0.2, 0.25) is 0 Å². The zero-order chi connectivity index (χ0) is 12.4. The van der Waals surface area contributed by atoms with E-state index in [1.807, 2.05) is 13.8 Å². The monoisotopic (exact) mass is 229 g/mol. The molecule has 0 spiro atoms. The Hall–Kier alpha value is -1.36. The van der Waals surface area contributed by atoms with Crippen LogP contribution in [0.15, 0.2) is 12.2 Å². The van der Waals surface area contributed by atoms with Gasteiger partial charge in [-0.2, -0.15) is 0 Å². The van der Waals surface area contributed by atoms with Gasteiger partial charge in [-0.3, -0.25) is 0 Å². The lowest BCUT2D eigenvalue weighted by atomic mass is 10.5. The predicted molar refractivity (Wildman–Crippen MR) is 59.9 cm³/mol. The van der Waals surface area contributed by atoms with Crippen molar-refractivity contribution in [1.29, 1.82) is 0 Å². The topological polar surface area (TPSA) is 55.8 Å². The second-order valence-electron chi connectivity index (χ2n) is 3.05. The maximum Gasteiger partial charge on any atom is 0.331 e. The van der Waals surface area contributed by atoms with Gasteiger partial charge < -0.3 is 14.4 Å². The van der Waals surface area contributed by atoms with Gasteiger partial charge in [0, 0.05) is 18.7 Å². The van der Waals surface area contributed by atoms with E-state index in [0.29, 0.717) is 13.2 Å². The molecule has 0 unspecified atom stereocenters. The van der Waals surface area contributed by atoms with Crippen LogP contribution in [0.4, 0.5) is 0 Å². The Morgan fingerprint density at radius 3 is 2.19 bits per heavy atom. The Morgan fingerprint density at radius 1 is 1.12 bits per heavy atom. The van der Waals surface area contributed by atoms with Crippen LogP contribution in [0.5, 0.6) is 0 Å². The molecule has 0 fully saturated rings. The van der Waals surface area contributed by atoms with E-state index in [4.69, 9.17) is 4.74 Å². The fourth-order valence-electron chi connectivity index (χ4n) is 1.07. The van der Waals surface area contributed by atoms with Gasteiger partial charge in [-0.1, -0.05) is 13.8 Å². The van der Waals surface area contributed by atoms with Crippen LogP contribution >= 0.6 is 0 Å². The van der Waals surface area contributed by atoms with E-state index in [-0.39, 0.29) is 0 Å². The summed E-state index contributed by atoms with van der Waals surface area (Å²) >= 11 is 0. The zero-order valence-corrected chi connectivity index (χ0v) is 10.1. The van der Waals surface area contributed by atoms with Gasteiger partial charge in [0.15, 0.2) is 0 Å². The minimum Gasteiger partial charge on any atom is -0.466 e. The van der Waals surface area contributed by atoms with Gasteiger partial charge in [0.05, 0.1) is 7.11 Å². The van der Waals surface area contributed by atoms with Crippen LogP contribution in [0.3, 0.4) is 0 Å². The number of methoxy groups -OCH3 is 1. The molecule has 0 amide bonds. The molecule has 0 aromatic heterocycles. The van der Waals surface area contributed by atoms with Gasteiger partial charge in [-0.15, -0.1) is 0 Å². The maximum atomic E-state index is 11.1. The highest BCUT2D eigenvalue weighted by Crippen LogP contribution is 1.89. The summed E-state index contributed by atoms with van der Waals surface area (Å²) in [4.78, 5) is 23.9. The van der Waals surface area contributed by atoms with Crippen molar-refractivity contribution in [2.24, 2.45) is 0 Å². The van der Waals surface area contributed by atoms with Crippen molar-refractivity contribution in [3.63, 3.8) is 0 Å². The summed E-state index contributed by atoms with van der Waals surface area (Å²) in [6.07, 6.45) is 2.10. The van der Waals surface area contributed by atoms with E-state index in [9.17, 15) is 9.59 Å². The molecule has 0 bridgehead atoms. The molecule has 0 saturated carbocycles. The smallest absolute Gasteiger partial charge is 0.331 e. The van der Waals surface area contributed by atoms with Crippen LogP contribution < -0.4 is 0 Å². The number of likely N-dealkylation sites (N-methyl/N-ethyl adjacent to an activating group) is 1. The molecule has 0 atom stereocenters. The van der Waals surface area contributed by atoms with Crippen molar-refractivity contribution in [3.8, 4) is 0 Å². The van der Waals surface area contributed by atoms with Crippen molar-refractivity contribution in [3.05, 3.63) is 12.2 Å². The first-order valence-corrected chi connectivity index (χ1v) is 5.29. The number of carbonyl (C=O) groups is 2. The van der Waals surface area contributed by atoms with E-state index in [1.165, 1.54) is 7.11 Å². The highest BCUT2D eigenvalue weighted by molar-refractivity contribution is 5.91. The lowest BCUT2D eigenvalue weighted by molar-refractivity contribution is -0.139. The Morgan fingerprint density at radius 2 is 1.69 bits per heavy atom. The fourth-order valence-corrected chi connectivity index (χ4v) is 1.07. The lowest BCUT2D eigenvalue weighted by Gasteiger charge is -2.16. The first-order chi connectivity index (χ1) is 7.63. The molecule has 0 heterocycles. The highest BCUT2D eigenvalue weighted by atomic mass is 16.5. The molecule has 0 rings (SSSR count). The fraction of sp³-hybridized carbons (Fsp3) is 0.636. The third-order valence-electron chi connectivity index (χ3n) is 2.10.